The Morgan fingerprint density at radius 3 is 2.60 bits per heavy atom. The fourth-order valence-corrected chi connectivity index (χ4v) is 2.15. The number of ether oxygens (including phenoxy) is 1. The molecular formula is C11H13ClO2S. The fraction of sp³-hybridized carbons (Fsp3) is 0.364. The first-order valence-electron chi connectivity index (χ1n) is 4.51. The molecule has 0 heterocycles. The normalized spacial score (nSPS) is 14.3. The van der Waals surface area contributed by atoms with Gasteiger partial charge in [-0.2, -0.15) is 0 Å². The third-order valence-corrected chi connectivity index (χ3v) is 3.64. The average molecular weight is 245 g/mol. The van der Waals surface area contributed by atoms with Crippen molar-refractivity contribution < 1.29 is 9.53 Å². The highest BCUT2D eigenvalue weighted by atomic mass is 35.5. The molecule has 15 heavy (non-hydrogen) atoms. The van der Waals surface area contributed by atoms with Crippen molar-refractivity contribution in [2.45, 2.75) is 16.7 Å². The Balaban J connectivity index is 2.53. The van der Waals surface area contributed by atoms with E-state index in [0.717, 1.165) is 4.90 Å². The predicted molar refractivity (Wildman–Crippen MR) is 63.4 cm³/mol. The van der Waals surface area contributed by atoms with Crippen LogP contribution < -0.4 is 0 Å². The van der Waals surface area contributed by atoms with Crippen LogP contribution in [0.15, 0.2) is 35.2 Å². The molecule has 1 aromatic carbocycles. The maximum Gasteiger partial charge on any atom is 0.327 e. The molecular weight excluding hydrogens is 232 g/mol. The van der Waals surface area contributed by atoms with E-state index in [2.05, 4.69) is 4.74 Å². The summed E-state index contributed by atoms with van der Waals surface area (Å²) in [5.74, 6) is 0.0956. The van der Waals surface area contributed by atoms with Gasteiger partial charge >= 0.3 is 5.97 Å². The van der Waals surface area contributed by atoms with Crippen molar-refractivity contribution in [2.75, 3.05) is 12.9 Å². The summed E-state index contributed by atoms with van der Waals surface area (Å²) in [5.41, 5.74) is 0. The van der Waals surface area contributed by atoms with Crippen molar-refractivity contribution >= 4 is 29.3 Å². The van der Waals surface area contributed by atoms with E-state index in [9.17, 15) is 4.79 Å². The summed E-state index contributed by atoms with van der Waals surface area (Å²) in [7, 11) is 1.34. The molecule has 0 aliphatic carbocycles. The Morgan fingerprint density at radius 1 is 1.47 bits per heavy atom. The first-order valence-corrected chi connectivity index (χ1v) is 5.88. The molecule has 1 unspecified atom stereocenters. The smallest absolute Gasteiger partial charge is 0.327 e. The minimum absolute atomic E-state index is 0.396. The first kappa shape index (κ1) is 12.4. The number of rotatable bonds is 4. The third kappa shape index (κ3) is 3.76. The summed E-state index contributed by atoms with van der Waals surface area (Å²) >= 11 is 7.58. The van der Waals surface area contributed by atoms with Gasteiger partial charge in [0.2, 0.25) is 0 Å². The second-order valence-electron chi connectivity index (χ2n) is 3.29. The maximum atomic E-state index is 11.3. The number of benzene rings is 1. The third-order valence-electron chi connectivity index (χ3n) is 1.86. The average Bonchev–Trinajstić information content (AvgIpc) is 2.27. The van der Waals surface area contributed by atoms with Gasteiger partial charge in [0.25, 0.3) is 0 Å². The van der Waals surface area contributed by atoms with Crippen LogP contribution in [0.4, 0.5) is 0 Å². The summed E-state index contributed by atoms with van der Waals surface area (Å²) in [6, 6.07) is 9.81. The lowest BCUT2D eigenvalue weighted by molar-refractivity contribution is -0.142. The molecule has 0 amide bonds. The van der Waals surface area contributed by atoms with Crippen LogP contribution in [-0.2, 0) is 9.53 Å². The van der Waals surface area contributed by atoms with Crippen molar-refractivity contribution in [2.24, 2.45) is 0 Å². The molecule has 0 fully saturated rings. The van der Waals surface area contributed by atoms with Gasteiger partial charge in [-0.1, -0.05) is 18.2 Å². The molecule has 0 N–H and O–H groups in total. The number of carbonyl (C=O) groups excluding carboxylic acids is 1. The van der Waals surface area contributed by atoms with Gasteiger partial charge in [-0.3, -0.25) is 4.79 Å². The van der Waals surface area contributed by atoms with Gasteiger partial charge < -0.3 is 4.74 Å². The standard InChI is InChI=1S/C11H13ClO2S/c1-11(12,10(13)14-2)8-15-9-6-4-3-5-7-9/h3-7H,8H2,1-2H3. The Kier molecular flexibility index (Phi) is 4.48. The number of halogens is 1. The quantitative estimate of drug-likeness (QED) is 0.463. The Hall–Kier alpha value is -0.670. The molecule has 0 aliphatic heterocycles. The summed E-state index contributed by atoms with van der Waals surface area (Å²) in [6.45, 7) is 1.66. The van der Waals surface area contributed by atoms with Gasteiger partial charge in [0.05, 0.1) is 7.11 Å². The molecule has 2 nitrogen and oxygen atoms in total. The molecule has 0 spiro atoms. The number of hydrogen-bond donors (Lipinski definition) is 0. The lowest BCUT2D eigenvalue weighted by Crippen LogP contribution is -2.32. The molecule has 0 bridgehead atoms. The minimum Gasteiger partial charge on any atom is -0.468 e. The van der Waals surface area contributed by atoms with Crippen molar-refractivity contribution in [1.29, 1.82) is 0 Å². The van der Waals surface area contributed by atoms with Crippen LogP contribution in [0.3, 0.4) is 0 Å². The highest BCUT2D eigenvalue weighted by Gasteiger charge is 2.31. The number of esters is 1. The van der Waals surface area contributed by atoms with Gasteiger partial charge in [-0.15, -0.1) is 23.4 Å². The molecule has 0 radical (unpaired) electrons. The highest BCUT2D eigenvalue weighted by molar-refractivity contribution is 7.99. The second kappa shape index (κ2) is 5.42. The maximum absolute atomic E-state index is 11.3. The van der Waals surface area contributed by atoms with Crippen LogP contribution in [0.5, 0.6) is 0 Å². The van der Waals surface area contributed by atoms with Gasteiger partial charge in [-0.25, -0.2) is 0 Å². The van der Waals surface area contributed by atoms with E-state index >= 15 is 0 Å². The van der Waals surface area contributed by atoms with Gasteiger partial charge in [0, 0.05) is 10.6 Å². The number of carbonyl (C=O) groups is 1. The summed E-state index contributed by atoms with van der Waals surface area (Å²) < 4.78 is 4.62. The second-order valence-corrected chi connectivity index (χ2v) is 5.17. The highest BCUT2D eigenvalue weighted by Crippen LogP contribution is 2.27. The molecule has 82 valence electrons. The molecule has 1 atom stereocenters. The molecule has 1 aromatic rings. The molecule has 0 saturated heterocycles. The van der Waals surface area contributed by atoms with E-state index in [4.69, 9.17) is 11.6 Å². The lowest BCUT2D eigenvalue weighted by atomic mass is 10.2. The molecule has 0 saturated carbocycles. The zero-order chi connectivity index (χ0) is 11.3. The van der Waals surface area contributed by atoms with Gasteiger partial charge in [0.1, 0.15) is 4.87 Å². The van der Waals surface area contributed by atoms with Crippen molar-refractivity contribution in [3.8, 4) is 0 Å². The zero-order valence-electron chi connectivity index (χ0n) is 8.70. The van der Waals surface area contributed by atoms with E-state index < -0.39 is 10.8 Å². The number of methoxy groups -OCH3 is 1. The topological polar surface area (TPSA) is 26.3 Å². The Labute approximate surface area is 99.0 Å². The van der Waals surface area contributed by atoms with Crippen LogP contribution in [0.1, 0.15) is 6.92 Å². The van der Waals surface area contributed by atoms with Crippen molar-refractivity contribution in [1.82, 2.24) is 0 Å². The van der Waals surface area contributed by atoms with Crippen LogP contribution in [0.2, 0.25) is 0 Å². The van der Waals surface area contributed by atoms with E-state index in [1.807, 2.05) is 30.3 Å². The van der Waals surface area contributed by atoms with E-state index in [-0.39, 0.29) is 0 Å². The number of alkyl halides is 1. The van der Waals surface area contributed by atoms with E-state index in [0.29, 0.717) is 5.75 Å². The van der Waals surface area contributed by atoms with Crippen LogP contribution in [-0.4, -0.2) is 23.7 Å². The van der Waals surface area contributed by atoms with Crippen LogP contribution >= 0.6 is 23.4 Å². The van der Waals surface area contributed by atoms with E-state index in [1.54, 1.807) is 6.92 Å². The number of thioether (sulfide) groups is 1. The zero-order valence-corrected chi connectivity index (χ0v) is 10.3. The Morgan fingerprint density at radius 2 is 2.07 bits per heavy atom. The monoisotopic (exact) mass is 244 g/mol. The van der Waals surface area contributed by atoms with Gasteiger partial charge in [0.15, 0.2) is 0 Å². The minimum atomic E-state index is -0.963. The molecule has 4 heteroatoms. The van der Waals surface area contributed by atoms with Gasteiger partial charge in [-0.05, 0) is 19.1 Å². The summed E-state index contributed by atoms with van der Waals surface area (Å²) in [4.78, 5) is 11.4. The van der Waals surface area contributed by atoms with Crippen LogP contribution in [0.25, 0.3) is 0 Å². The molecule has 0 aliphatic rings. The molecule has 0 aromatic heterocycles. The van der Waals surface area contributed by atoms with E-state index in [1.165, 1.54) is 18.9 Å². The lowest BCUT2D eigenvalue weighted by Gasteiger charge is -2.18. The summed E-state index contributed by atoms with van der Waals surface area (Å²) in [5, 5.41) is 0. The Bertz CT molecular complexity index is 325. The van der Waals surface area contributed by atoms with Crippen molar-refractivity contribution in [3.05, 3.63) is 30.3 Å². The SMILES string of the molecule is COC(=O)C(C)(Cl)CSc1ccccc1. The molecule has 1 rings (SSSR count). The number of hydrogen-bond acceptors (Lipinski definition) is 3. The van der Waals surface area contributed by atoms with Crippen molar-refractivity contribution in [3.63, 3.8) is 0 Å². The van der Waals surface area contributed by atoms with Crippen LogP contribution in [0, 0.1) is 0 Å². The summed E-state index contributed by atoms with van der Waals surface area (Å²) in [6.07, 6.45) is 0. The fourth-order valence-electron chi connectivity index (χ4n) is 1.01. The largest absolute Gasteiger partial charge is 0.468 e. The predicted octanol–water partition coefficient (Wildman–Crippen LogP) is 2.95. The first-order chi connectivity index (χ1) is 7.06.